The summed E-state index contributed by atoms with van der Waals surface area (Å²) in [6.07, 6.45) is -4.24. The van der Waals surface area contributed by atoms with Crippen molar-refractivity contribution in [1.29, 1.82) is 0 Å². The van der Waals surface area contributed by atoms with Crippen molar-refractivity contribution >= 4 is 14.2 Å². The highest BCUT2D eigenvalue weighted by atomic mass is 28.4. The van der Waals surface area contributed by atoms with Crippen LogP contribution in [0.4, 0.5) is 0 Å². The van der Waals surface area contributed by atoms with Crippen molar-refractivity contribution in [2.24, 2.45) is 11.3 Å². The van der Waals surface area contributed by atoms with Gasteiger partial charge in [0.2, 0.25) is 5.79 Å². The van der Waals surface area contributed by atoms with Gasteiger partial charge in [0.15, 0.2) is 20.6 Å². The Kier molecular flexibility index (Phi) is 11.0. The van der Waals surface area contributed by atoms with Crippen molar-refractivity contribution < 1.29 is 47.5 Å². The lowest BCUT2D eigenvalue weighted by atomic mass is 9.72. The van der Waals surface area contributed by atoms with Crippen LogP contribution in [0.1, 0.15) is 40.5 Å². The lowest BCUT2D eigenvalue weighted by Gasteiger charge is -2.54. The molecule has 0 bridgehead atoms. The first kappa shape index (κ1) is 33.6. The number of methoxy groups -OCH3 is 3. The zero-order valence-corrected chi connectivity index (χ0v) is 26.9. The maximum atomic E-state index is 13.4. The van der Waals surface area contributed by atoms with Crippen molar-refractivity contribution in [2.75, 3.05) is 34.7 Å². The minimum absolute atomic E-state index is 0.0621. The number of hydrogen-bond donors (Lipinski definition) is 2. The Morgan fingerprint density at radius 3 is 2.40 bits per heavy atom. The van der Waals surface area contributed by atoms with Gasteiger partial charge in [-0.05, 0) is 26.6 Å². The predicted molar refractivity (Wildman–Crippen MR) is 150 cm³/mol. The molecule has 3 heterocycles. The van der Waals surface area contributed by atoms with Crippen LogP contribution in [0, 0.1) is 11.3 Å². The molecule has 3 saturated heterocycles. The number of amides is 1. The van der Waals surface area contributed by atoms with Crippen LogP contribution in [-0.4, -0.2) is 109 Å². The standard InChI is InChI=1S/C28H51NO10Si/c1-16-13-28(34-8,39-18(3)17(16)2)23(30)25(31)29-26-22-21(35-15-36-26)24(33-7)27(4,5)20(38-22)12-19(32-6)14-37-40(9,10)11/h17-24,26,30H,1,12-15H2,2-11H3,(H,29,31)/t17-,18-,19-,20-,21+,22+,23-,24-,26+,28-/m1/s1. The highest BCUT2D eigenvalue weighted by Crippen LogP contribution is 2.44. The summed E-state index contributed by atoms with van der Waals surface area (Å²) >= 11 is 0. The van der Waals surface area contributed by atoms with E-state index in [0.717, 1.165) is 5.57 Å². The Balaban J connectivity index is 1.79. The molecule has 10 atom stereocenters. The SMILES string of the molecule is C=C1C[C@](OC)([C@H](O)C(=O)N[C@H]2OCO[C@H]3[C@@H]2O[C@H](C[C@H](CO[Si](C)(C)C)OC)C(C)(C)[C@@H]3OC)O[C@H](C)[C@@H]1C. The van der Waals surface area contributed by atoms with Crippen LogP contribution in [0.2, 0.25) is 19.6 Å². The van der Waals surface area contributed by atoms with Crippen LogP contribution < -0.4 is 5.32 Å². The second-order valence-corrected chi connectivity index (χ2v) is 17.3. The third-order valence-electron chi connectivity index (χ3n) is 8.58. The van der Waals surface area contributed by atoms with Gasteiger partial charge < -0.3 is 48.0 Å². The summed E-state index contributed by atoms with van der Waals surface area (Å²) < 4.78 is 47.9. The van der Waals surface area contributed by atoms with Crippen molar-refractivity contribution in [1.82, 2.24) is 5.32 Å². The highest BCUT2D eigenvalue weighted by molar-refractivity contribution is 6.69. The largest absolute Gasteiger partial charge is 0.415 e. The van der Waals surface area contributed by atoms with Gasteiger partial charge in [-0.2, -0.15) is 0 Å². The first-order chi connectivity index (χ1) is 18.6. The number of rotatable bonds is 11. The Bertz CT molecular complexity index is 882. The van der Waals surface area contributed by atoms with Gasteiger partial charge in [-0.3, -0.25) is 4.79 Å². The fourth-order valence-corrected chi connectivity index (χ4v) is 6.43. The van der Waals surface area contributed by atoms with Crippen LogP contribution >= 0.6 is 0 Å². The monoisotopic (exact) mass is 589 g/mol. The molecule has 40 heavy (non-hydrogen) atoms. The van der Waals surface area contributed by atoms with Crippen molar-refractivity contribution in [3.8, 4) is 0 Å². The Morgan fingerprint density at radius 1 is 1.18 bits per heavy atom. The number of nitrogens with one attached hydrogen (secondary N) is 1. The molecule has 0 radical (unpaired) electrons. The molecule has 0 aliphatic carbocycles. The molecule has 0 saturated carbocycles. The van der Waals surface area contributed by atoms with Gasteiger partial charge in [-0.1, -0.05) is 32.9 Å². The number of aliphatic hydroxyl groups excluding tert-OH is 1. The molecule has 0 aromatic carbocycles. The number of fused-ring (bicyclic) bond motifs is 1. The molecule has 1 amide bonds. The quantitative estimate of drug-likeness (QED) is 0.275. The zero-order valence-electron chi connectivity index (χ0n) is 25.9. The fraction of sp³-hybridized carbons (Fsp3) is 0.893. The van der Waals surface area contributed by atoms with Crippen molar-refractivity contribution in [2.45, 2.75) is 115 Å². The normalized spacial score (nSPS) is 37.9. The van der Waals surface area contributed by atoms with Crippen molar-refractivity contribution in [3.05, 3.63) is 12.2 Å². The molecule has 232 valence electrons. The van der Waals surface area contributed by atoms with Crippen LogP contribution in [0.5, 0.6) is 0 Å². The van der Waals surface area contributed by atoms with E-state index >= 15 is 0 Å². The Morgan fingerprint density at radius 2 is 1.85 bits per heavy atom. The van der Waals surface area contributed by atoms with Crippen LogP contribution in [0.15, 0.2) is 12.2 Å². The maximum absolute atomic E-state index is 13.4. The molecule has 12 heteroatoms. The second kappa shape index (κ2) is 13.1. The molecule has 0 spiro atoms. The molecule has 3 fully saturated rings. The lowest BCUT2D eigenvalue weighted by Crippen LogP contribution is -2.69. The van der Waals surface area contributed by atoms with Crippen LogP contribution in [0.3, 0.4) is 0 Å². The average molecular weight is 590 g/mol. The predicted octanol–water partition coefficient (Wildman–Crippen LogP) is 2.57. The van der Waals surface area contributed by atoms with E-state index in [1.165, 1.54) is 7.11 Å². The third-order valence-corrected chi connectivity index (χ3v) is 9.61. The molecular formula is C28H51NO10Si. The van der Waals surface area contributed by atoms with E-state index in [2.05, 4.69) is 45.4 Å². The van der Waals surface area contributed by atoms with E-state index in [-0.39, 0.29) is 43.5 Å². The topological polar surface area (TPSA) is 123 Å². The van der Waals surface area contributed by atoms with Gasteiger partial charge in [0.05, 0.1) is 31.0 Å². The van der Waals surface area contributed by atoms with Gasteiger partial charge in [-0.25, -0.2) is 0 Å². The summed E-state index contributed by atoms with van der Waals surface area (Å²) in [6.45, 7) is 18.9. The Labute approximate surface area is 240 Å². The fourth-order valence-electron chi connectivity index (χ4n) is 5.75. The number of carbonyl (C=O) groups excluding carboxylic acids is 1. The summed E-state index contributed by atoms with van der Waals surface area (Å²) in [5.74, 6) is -2.21. The van der Waals surface area contributed by atoms with Gasteiger partial charge in [0.25, 0.3) is 5.91 Å². The van der Waals surface area contributed by atoms with Gasteiger partial charge >= 0.3 is 0 Å². The highest BCUT2D eigenvalue weighted by Gasteiger charge is 2.57. The van der Waals surface area contributed by atoms with E-state index in [0.29, 0.717) is 13.0 Å². The summed E-state index contributed by atoms with van der Waals surface area (Å²) in [6, 6.07) is 0. The molecule has 3 rings (SSSR count). The average Bonchev–Trinajstić information content (AvgIpc) is 2.88. The zero-order chi connectivity index (χ0) is 30.0. The molecule has 2 N–H and O–H groups in total. The van der Waals surface area contributed by atoms with E-state index in [1.807, 2.05) is 13.8 Å². The van der Waals surface area contributed by atoms with E-state index in [4.69, 9.17) is 37.6 Å². The third kappa shape index (κ3) is 7.16. The van der Waals surface area contributed by atoms with Gasteiger partial charge in [0.1, 0.15) is 19.0 Å². The van der Waals surface area contributed by atoms with Crippen LogP contribution in [-0.2, 0) is 42.4 Å². The number of hydrogen-bond acceptors (Lipinski definition) is 10. The summed E-state index contributed by atoms with van der Waals surface area (Å²) in [5.41, 5.74) is 0.379. The van der Waals surface area contributed by atoms with Gasteiger partial charge in [-0.15, -0.1) is 0 Å². The number of aliphatic hydroxyl groups is 1. The number of ether oxygens (including phenoxy) is 7. The first-order valence-corrected chi connectivity index (χ1v) is 17.5. The number of carbonyl (C=O) groups is 1. The Hall–Kier alpha value is -0.933. The summed E-state index contributed by atoms with van der Waals surface area (Å²) in [7, 11) is 2.97. The summed E-state index contributed by atoms with van der Waals surface area (Å²) in [4.78, 5) is 13.4. The van der Waals surface area contributed by atoms with E-state index < -0.39 is 50.0 Å². The first-order valence-electron chi connectivity index (χ1n) is 14.1. The molecular weight excluding hydrogens is 538 g/mol. The van der Waals surface area contributed by atoms with Crippen molar-refractivity contribution in [3.63, 3.8) is 0 Å². The van der Waals surface area contributed by atoms with E-state index in [1.54, 1.807) is 14.2 Å². The molecule has 3 aliphatic heterocycles. The maximum Gasteiger partial charge on any atom is 0.256 e. The minimum atomic E-state index is -1.75. The minimum Gasteiger partial charge on any atom is -0.415 e. The van der Waals surface area contributed by atoms with Gasteiger partial charge in [0, 0.05) is 45.5 Å². The molecule has 0 unspecified atom stereocenters. The molecule has 0 aromatic heterocycles. The summed E-state index contributed by atoms with van der Waals surface area (Å²) in [5, 5.41) is 14.0. The molecule has 3 aliphatic rings. The van der Waals surface area contributed by atoms with E-state index in [9.17, 15) is 9.90 Å². The molecule has 11 nitrogen and oxygen atoms in total. The van der Waals surface area contributed by atoms with Crippen LogP contribution in [0.25, 0.3) is 0 Å². The smallest absolute Gasteiger partial charge is 0.256 e. The molecule has 0 aromatic rings. The lowest BCUT2D eigenvalue weighted by molar-refractivity contribution is -0.333. The second-order valence-electron chi connectivity index (χ2n) is 12.8.